The summed E-state index contributed by atoms with van der Waals surface area (Å²) in [7, 11) is -3.29. The zero-order valence-corrected chi connectivity index (χ0v) is 49.1. The maximum absolute atomic E-state index is 5.72. The molecule has 0 bridgehead atoms. The molecule has 0 aliphatic heterocycles. The van der Waals surface area contributed by atoms with Crippen LogP contribution in [0.4, 0.5) is 0 Å². The topological polar surface area (TPSA) is 71.3 Å². The molecule has 8 nitrogen and oxygen atoms in total. The first-order valence-corrected chi connectivity index (χ1v) is 32.2. The van der Waals surface area contributed by atoms with Crippen LogP contribution in [0.5, 0.6) is 0 Å². The molecule has 6 aromatic heterocycles. The average molecular weight is 1150 g/mol. The third-order valence-electron chi connectivity index (χ3n) is 18.2. The Labute approximate surface area is 512 Å². The molecule has 9 heteroatoms. The molecule has 0 amide bonds. The van der Waals surface area contributed by atoms with Crippen molar-refractivity contribution in [1.82, 2.24) is 38.2 Å². The first-order valence-electron chi connectivity index (χ1n) is 30.2. The molecule has 0 atom stereocenters. The Morgan fingerprint density at radius 3 is 0.831 bits per heavy atom. The molecule has 0 N–H and O–H groups in total. The van der Waals surface area contributed by atoms with Gasteiger partial charge in [0, 0.05) is 48.7 Å². The fourth-order valence-corrected chi connectivity index (χ4v) is 19.2. The first kappa shape index (κ1) is 50.5. The monoisotopic (exact) mass is 1150 g/mol. The van der Waals surface area contributed by atoms with Gasteiger partial charge in [0.2, 0.25) is 11.9 Å². The lowest BCUT2D eigenvalue weighted by Gasteiger charge is -2.35. The molecule has 0 saturated carbocycles. The number of nitrogens with zero attached hydrogens (tertiary/aromatic N) is 8. The Morgan fingerprint density at radius 2 is 0.483 bits per heavy atom. The highest BCUT2D eigenvalue weighted by molar-refractivity contribution is 7.20. The predicted molar refractivity (Wildman–Crippen MR) is 369 cm³/mol. The van der Waals surface area contributed by atoms with Gasteiger partial charge in [0.25, 0.3) is 0 Å². The van der Waals surface area contributed by atoms with Crippen LogP contribution in [-0.4, -0.2) is 46.3 Å². The molecule has 89 heavy (non-hydrogen) atoms. The van der Waals surface area contributed by atoms with Gasteiger partial charge >= 0.3 is 0 Å². The Kier molecular flexibility index (Phi) is 11.5. The zero-order valence-electron chi connectivity index (χ0n) is 48.1. The van der Waals surface area contributed by atoms with Crippen LogP contribution in [0.2, 0.25) is 0 Å². The van der Waals surface area contributed by atoms with Crippen LogP contribution in [-0.2, 0) is 0 Å². The van der Waals surface area contributed by atoms with Gasteiger partial charge in [0.05, 0.1) is 44.1 Å². The predicted octanol–water partition coefficient (Wildman–Crippen LogP) is 16.4. The van der Waals surface area contributed by atoms with E-state index in [4.69, 9.17) is 19.9 Å². The Bertz CT molecular complexity index is 5000. The second-order valence-electron chi connectivity index (χ2n) is 23.0. The smallest absolute Gasteiger partial charge is 0.240 e. The average Bonchev–Trinajstić information content (AvgIpc) is 1.86. The molecule has 0 radical (unpaired) electrons. The number of hydrogen-bond acceptors (Lipinski definition) is 4. The van der Waals surface area contributed by atoms with E-state index in [1.54, 1.807) is 0 Å². The van der Waals surface area contributed by atoms with Crippen molar-refractivity contribution in [2.24, 2.45) is 0 Å². The molecule has 12 aromatic carbocycles. The molecule has 0 aliphatic carbocycles. The van der Waals surface area contributed by atoms with Crippen molar-refractivity contribution in [2.75, 3.05) is 0 Å². The van der Waals surface area contributed by atoms with E-state index in [1.807, 2.05) is 0 Å². The number of hydrogen-bond donors (Lipinski definition) is 0. The third-order valence-corrected chi connectivity index (χ3v) is 22.9. The largest absolute Gasteiger partial charge is 0.294 e. The van der Waals surface area contributed by atoms with Crippen molar-refractivity contribution in [3.8, 4) is 46.0 Å². The number of aromatic nitrogens is 8. The van der Waals surface area contributed by atoms with E-state index in [1.165, 1.54) is 42.3 Å². The van der Waals surface area contributed by atoms with Crippen LogP contribution in [0.25, 0.3) is 133 Å². The molecular formula is C80H52N8Si. The number of pyridine rings is 1. The van der Waals surface area contributed by atoms with Gasteiger partial charge in [-0.1, -0.05) is 255 Å². The molecule has 0 unspecified atom stereocenters. The number of fused-ring (bicyclic) bond motifs is 12. The Hall–Kier alpha value is -11.8. The van der Waals surface area contributed by atoms with Crippen molar-refractivity contribution in [1.29, 1.82) is 0 Å². The van der Waals surface area contributed by atoms with Gasteiger partial charge in [-0.25, -0.2) is 4.98 Å². The second-order valence-corrected chi connectivity index (χ2v) is 26.8. The van der Waals surface area contributed by atoms with Crippen LogP contribution in [0.3, 0.4) is 0 Å². The van der Waals surface area contributed by atoms with Crippen molar-refractivity contribution in [2.45, 2.75) is 0 Å². The SMILES string of the molecule is c1ccc([Si](c2ccccc2)(c2cccc(-c3cc(-n4c5ccccc5c5ccccc54)nc(-n4c5ccccc5c5ccccc54)c3)c2)c2cccc(-c3nc(-n4c5ccccc5c5ccccc54)nc(-n4c5ccccc5c5ccccc54)n3)c2)cc1. The van der Waals surface area contributed by atoms with E-state index in [2.05, 4.69) is 334 Å². The highest BCUT2D eigenvalue weighted by Crippen LogP contribution is 2.38. The van der Waals surface area contributed by atoms with E-state index >= 15 is 0 Å². The van der Waals surface area contributed by atoms with Gasteiger partial charge < -0.3 is 0 Å². The fourth-order valence-electron chi connectivity index (χ4n) is 14.4. The van der Waals surface area contributed by atoms with Crippen molar-refractivity contribution in [3.63, 3.8) is 0 Å². The highest BCUT2D eigenvalue weighted by Gasteiger charge is 2.42. The lowest BCUT2D eigenvalue weighted by atomic mass is 10.1. The zero-order chi connectivity index (χ0) is 58.6. The highest BCUT2D eigenvalue weighted by atomic mass is 28.3. The molecule has 0 aliphatic rings. The second kappa shape index (κ2) is 20.2. The summed E-state index contributed by atoms with van der Waals surface area (Å²) >= 11 is 0. The van der Waals surface area contributed by atoms with Gasteiger partial charge in [0.1, 0.15) is 11.6 Å². The van der Waals surface area contributed by atoms with E-state index in [0.717, 1.165) is 94.0 Å². The van der Waals surface area contributed by atoms with Gasteiger partial charge in [-0.2, -0.15) is 15.0 Å². The summed E-state index contributed by atoms with van der Waals surface area (Å²) < 4.78 is 9.09. The molecule has 0 saturated heterocycles. The summed E-state index contributed by atoms with van der Waals surface area (Å²) in [5, 5.41) is 14.2. The van der Waals surface area contributed by atoms with Crippen molar-refractivity contribution in [3.05, 3.63) is 315 Å². The van der Waals surface area contributed by atoms with E-state index in [9.17, 15) is 0 Å². The lowest BCUT2D eigenvalue weighted by molar-refractivity contribution is 0.893. The number of rotatable bonds is 10. The number of benzene rings is 12. The van der Waals surface area contributed by atoms with Gasteiger partial charge in [0.15, 0.2) is 13.9 Å². The minimum Gasteiger partial charge on any atom is -0.294 e. The maximum Gasteiger partial charge on any atom is 0.240 e. The molecule has 18 rings (SSSR count). The summed E-state index contributed by atoms with van der Waals surface area (Å²) in [5.41, 5.74) is 11.5. The molecule has 0 fully saturated rings. The quantitative estimate of drug-likeness (QED) is 0.101. The third kappa shape index (κ3) is 7.79. The lowest BCUT2D eigenvalue weighted by Crippen LogP contribution is -2.74. The molecular weight excluding hydrogens is 1100 g/mol. The summed E-state index contributed by atoms with van der Waals surface area (Å²) in [6.45, 7) is 0. The van der Waals surface area contributed by atoms with E-state index in [0.29, 0.717) is 17.7 Å². The van der Waals surface area contributed by atoms with Crippen LogP contribution in [0.15, 0.2) is 315 Å². The van der Waals surface area contributed by atoms with Crippen LogP contribution in [0.1, 0.15) is 0 Å². The summed E-state index contributed by atoms with van der Waals surface area (Å²) in [4.78, 5) is 22.4. The fraction of sp³-hybridized carbons (Fsp3) is 0. The molecule has 416 valence electrons. The van der Waals surface area contributed by atoms with E-state index in [-0.39, 0.29) is 0 Å². The van der Waals surface area contributed by atoms with Crippen LogP contribution in [0, 0.1) is 0 Å². The molecule has 0 spiro atoms. The molecule has 6 heterocycles. The van der Waals surface area contributed by atoms with Gasteiger partial charge in [-0.05, 0) is 92.5 Å². The first-order chi connectivity index (χ1) is 44.2. The minimum absolute atomic E-state index is 0.537. The van der Waals surface area contributed by atoms with Crippen LogP contribution < -0.4 is 20.7 Å². The van der Waals surface area contributed by atoms with Crippen LogP contribution >= 0.6 is 0 Å². The van der Waals surface area contributed by atoms with Crippen molar-refractivity contribution >= 4 is 116 Å². The summed E-state index contributed by atoms with van der Waals surface area (Å²) in [6.07, 6.45) is 0. The van der Waals surface area contributed by atoms with Crippen molar-refractivity contribution < 1.29 is 0 Å². The van der Waals surface area contributed by atoms with E-state index < -0.39 is 8.07 Å². The minimum atomic E-state index is -3.29. The normalized spacial score (nSPS) is 12.0. The summed E-state index contributed by atoms with van der Waals surface area (Å²) in [6, 6.07) is 114. The van der Waals surface area contributed by atoms with Gasteiger partial charge in [-0.3, -0.25) is 18.3 Å². The molecule has 18 aromatic rings. The Morgan fingerprint density at radius 1 is 0.202 bits per heavy atom. The summed E-state index contributed by atoms with van der Waals surface area (Å²) in [5.74, 6) is 3.31. The van der Waals surface area contributed by atoms with Gasteiger partial charge in [-0.15, -0.1) is 0 Å². The number of para-hydroxylation sites is 8. The maximum atomic E-state index is 5.72. The Balaban J connectivity index is 0.885. The standard InChI is InChI=1S/C80H52N8Si/c1-3-27-56(28-4-1)89(57-29-5-2-6-30-57,58-31-23-25-53(49-58)55-51-76(85-68-41-15-7-33-60(68)61-34-8-16-42-69(61)85)81-77(52-55)86-70-43-17-9-35-62(70)63-36-10-18-44-71(63)86)59-32-24-26-54(50-59)78-82-79(87-72-45-19-11-37-64(72)65-38-12-20-46-73(65)87)84-80(83-78)88-74-47-21-13-39-66(74)67-40-14-22-48-75(67)88/h1-52H.